The van der Waals surface area contributed by atoms with Crippen LogP contribution < -0.4 is 9.62 Å². The molecule has 4 aromatic rings. The van der Waals surface area contributed by atoms with Crippen LogP contribution in [-0.2, 0) is 16.4 Å². The number of benzene rings is 3. The molecule has 0 radical (unpaired) electrons. The first-order valence-electron chi connectivity index (χ1n) is 11.6. The molecule has 3 aromatic carbocycles. The molecule has 0 bridgehead atoms. The van der Waals surface area contributed by atoms with Gasteiger partial charge in [0.05, 0.1) is 16.1 Å². The lowest BCUT2D eigenvalue weighted by Crippen LogP contribution is -2.25. The van der Waals surface area contributed by atoms with Crippen LogP contribution in [0.3, 0.4) is 0 Å². The molecule has 0 saturated heterocycles. The quantitative estimate of drug-likeness (QED) is 0.408. The fourth-order valence-electron chi connectivity index (χ4n) is 5.44. The normalized spacial score (nSPS) is 16.8. The van der Waals surface area contributed by atoms with Gasteiger partial charge in [-0.25, -0.2) is 8.42 Å². The highest BCUT2D eigenvalue weighted by molar-refractivity contribution is 7.93. The van der Waals surface area contributed by atoms with E-state index in [1.54, 1.807) is 47.4 Å². The summed E-state index contributed by atoms with van der Waals surface area (Å²) in [6, 6.07) is 13.4. The van der Waals surface area contributed by atoms with E-state index in [0.717, 1.165) is 5.69 Å². The SMILES string of the molecule is CCN1C(=O)c2cccc3c(S(=O)(=O)Nc4ccc5oc6c(c5c4)C(=O)CC(C)(C)C6)ccc1c23. The lowest BCUT2D eigenvalue weighted by Gasteiger charge is -2.27. The Balaban J connectivity index is 1.43. The Morgan fingerprint density at radius 2 is 1.83 bits per heavy atom. The van der Waals surface area contributed by atoms with E-state index in [4.69, 9.17) is 4.42 Å². The minimum Gasteiger partial charge on any atom is -0.460 e. The second-order valence-electron chi connectivity index (χ2n) is 10.0. The number of anilines is 2. The maximum absolute atomic E-state index is 13.5. The summed E-state index contributed by atoms with van der Waals surface area (Å²) in [7, 11) is -3.99. The zero-order valence-electron chi connectivity index (χ0n) is 19.6. The smallest absolute Gasteiger partial charge is 0.262 e. The minimum atomic E-state index is -3.99. The Morgan fingerprint density at radius 3 is 2.60 bits per heavy atom. The first kappa shape index (κ1) is 21.9. The fourth-order valence-corrected chi connectivity index (χ4v) is 6.69. The molecular formula is C27H24N2O5S. The van der Waals surface area contributed by atoms with Crippen LogP contribution in [0, 0.1) is 5.41 Å². The van der Waals surface area contributed by atoms with Crippen LogP contribution in [0.25, 0.3) is 21.7 Å². The number of nitrogens with zero attached hydrogens (tertiary/aromatic N) is 1. The van der Waals surface area contributed by atoms with Gasteiger partial charge in [-0.3, -0.25) is 14.3 Å². The van der Waals surface area contributed by atoms with Crippen molar-refractivity contribution in [2.24, 2.45) is 5.41 Å². The third-order valence-corrected chi connectivity index (χ3v) is 8.36. The Labute approximate surface area is 202 Å². The minimum absolute atomic E-state index is 0.00709. The van der Waals surface area contributed by atoms with Gasteiger partial charge in [-0.15, -0.1) is 0 Å². The summed E-state index contributed by atoms with van der Waals surface area (Å²) in [4.78, 5) is 27.4. The van der Waals surface area contributed by atoms with E-state index in [1.807, 2.05) is 20.8 Å². The van der Waals surface area contributed by atoms with Gasteiger partial charge in [0.1, 0.15) is 11.3 Å². The Hall–Kier alpha value is -3.65. The summed E-state index contributed by atoms with van der Waals surface area (Å²) < 4.78 is 35.6. The lowest BCUT2D eigenvalue weighted by atomic mass is 9.76. The molecule has 1 N–H and O–H groups in total. The van der Waals surface area contributed by atoms with Gasteiger partial charge < -0.3 is 9.32 Å². The maximum Gasteiger partial charge on any atom is 0.262 e. The maximum atomic E-state index is 13.5. The Kier molecular flexibility index (Phi) is 4.48. The molecule has 1 aliphatic carbocycles. The summed E-state index contributed by atoms with van der Waals surface area (Å²) in [5, 5.41) is 1.76. The molecule has 0 fully saturated rings. The molecule has 178 valence electrons. The van der Waals surface area contributed by atoms with Gasteiger partial charge in [0.2, 0.25) is 0 Å². The molecule has 1 amide bonds. The molecule has 0 saturated carbocycles. The van der Waals surface area contributed by atoms with E-state index in [9.17, 15) is 18.0 Å². The number of nitrogens with one attached hydrogen (secondary N) is 1. The van der Waals surface area contributed by atoms with E-state index < -0.39 is 10.0 Å². The van der Waals surface area contributed by atoms with E-state index in [-0.39, 0.29) is 22.0 Å². The number of carbonyl (C=O) groups excluding carboxylic acids is 2. The van der Waals surface area contributed by atoms with Crippen molar-refractivity contribution in [1.29, 1.82) is 0 Å². The molecule has 2 heterocycles. The van der Waals surface area contributed by atoms with Crippen molar-refractivity contribution < 1.29 is 22.4 Å². The fraction of sp³-hybridized carbons (Fsp3) is 0.259. The summed E-state index contributed by atoms with van der Waals surface area (Å²) in [6.07, 6.45) is 1.07. The second-order valence-corrected chi connectivity index (χ2v) is 11.7. The summed E-state index contributed by atoms with van der Waals surface area (Å²) in [5.74, 6) is 0.533. The van der Waals surface area contributed by atoms with Crippen LogP contribution in [0.5, 0.6) is 0 Å². The third-order valence-electron chi connectivity index (χ3n) is 6.92. The van der Waals surface area contributed by atoms with Crippen LogP contribution >= 0.6 is 0 Å². The van der Waals surface area contributed by atoms with Crippen LogP contribution in [0.1, 0.15) is 53.7 Å². The largest absolute Gasteiger partial charge is 0.460 e. The number of furan rings is 1. The van der Waals surface area contributed by atoms with Crippen LogP contribution in [0.4, 0.5) is 11.4 Å². The lowest BCUT2D eigenvalue weighted by molar-refractivity contribution is 0.0905. The molecule has 1 aliphatic heterocycles. The van der Waals surface area contributed by atoms with Crippen molar-refractivity contribution in [3.63, 3.8) is 0 Å². The van der Waals surface area contributed by atoms with Crippen molar-refractivity contribution in [2.75, 3.05) is 16.2 Å². The Bertz CT molecular complexity index is 1700. The molecule has 6 rings (SSSR count). The summed E-state index contributed by atoms with van der Waals surface area (Å²) in [6.45, 7) is 6.45. The molecule has 7 nitrogen and oxygen atoms in total. The van der Waals surface area contributed by atoms with Crippen molar-refractivity contribution in [3.8, 4) is 0 Å². The van der Waals surface area contributed by atoms with Gasteiger partial charge in [-0.2, -0.15) is 0 Å². The predicted octanol–water partition coefficient (Wildman–Crippen LogP) is 5.52. The number of carbonyl (C=O) groups is 2. The van der Waals surface area contributed by atoms with Gasteiger partial charge in [0.15, 0.2) is 5.78 Å². The van der Waals surface area contributed by atoms with Crippen LogP contribution in [0.2, 0.25) is 0 Å². The Morgan fingerprint density at radius 1 is 1.03 bits per heavy atom. The number of sulfonamides is 1. The monoisotopic (exact) mass is 488 g/mol. The summed E-state index contributed by atoms with van der Waals surface area (Å²) >= 11 is 0. The van der Waals surface area contributed by atoms with Crippen molar-refractivity contribution in [1.82, 2.24) is 0 Å². The number of ketones is 1. The molecule has 8 heteroatoms. The van der Waals surface area contributed by atoms with Gasteiger partial charge in [-0.1, -0.05) is 26.0 Å². The van der Waals surface area contributed by atoms with E-state index in [0.29, 0.717) is 63.7 Å². The highest BCUT2D eigenvalue weighted by atomic mass is 32.2. The van der Waals surface area contributed by atoms with Gasteiger partial charge in [0.25, 0.3) is 15.9 Å². The molecule has 2 aliphatic rings. The highest BCUT2D eigenvalue weighted by Crippen LogP contribution is 2.42. The first-order chi connectivity index (χ1) is 16.6. The van der Waals surface area contributed by atoms with Crippen molar-refractivity contribution in [3.05, 3.63) is 65.4 Å². The summed E-state index contributed by atoms with van der Waals surface area (Å²) in [5.41, 5.74) is 2.50. The van der Waals surface area contributed by atoms with Crippen LogP contribution in [-0.4, -0.2) is 26.7 Å². The van der Waals surface area contributed by atoms with E-state index in [1.165, 1.54) is 6.07 Å². The van der Waals surface area contributed by atoms with Crippen molar-refractivity contribution >= 4 is 54.8 Å². The molecule has 0 atom stereocenters. The van der Waals surface area contributed by atoms with Crippen molar-refractivity contribution in [2.45, 2.75) is 38.5 Å². The highest BCUT2D eigenvalue weighted by Gasteiger charge is 2.35. The zero-order chi connectivity index (χ0) is 24.7. The number of hydrogen-bond donors (Lipinski definition) is 1. The van der Waals surface area contributed by atoms with Gasteiger partial charge in [0, 0.05) is 46.8 Å². The standard InChI is InChI=1S/C27H24N2O5S/c1-4-29-19-9-11-23(16-6-5-7-17(24(16)19)26(29)31)35(32,33)28-15-8-10-21-18(12-15)25-20(30)13-27(2,3)14-22(25)34-21/h5-12,28H,4,13-14H2,1-3H3. The second kappa shape index (κ2) is 7.18. The average Bonchev–Trinajstić information content (AvgIpc) is 3.28. The predicted molar refractivity (Wildman–Crippen MR) is 135 cm³/mol. The first-order valence-corrected chi connectivity index (χ1v) is 13.1. The van der Waals surface area contributed by atoms with Gasteiger partial charge >= 0.3 is 0 Å². The number of hydrogen-bond acceptors (Lipinski definition) is 5. The zero-order valence-corrected chi connectivity index (χ0v) is 20.5. The molecule has 1 aromatic heterocycles. The molecule has 35 heavy (non-hydrogen) atoms. The third kappa shape index (κ3) is 3.20. The molecular weight excluding hydrogens is 464 g/mol. The average molecular weight is 489 g/mol. The number of Topliss-reactive ketones (excluding diaryl/α,β-unsaturated/α-hetero) is 1. The van der Waals surface area contributed by atoms with Crippen LogP contribution in [0.15, 0.2) is 57.8 Å². The topological polar surface area (TPSA) is 96.7 Å². The number of amides is 1. The number of fused-ring (bicyclic) bond motifs is 3. The molecule has 0 spiro atoms. The van der Waals surface area contributed by atoms with E-state index in [2.05, 4.69) is 4.72 Å². The van der Waals surface area contributed by atoms with E-state index >= 15 is 0 Å². The van der Waals surface area contributed by atoms with Gasteiger partial charge in [-0.05, 0) is 48.7 Å². The number of rotatable bonds is 4. The molecule has 0 unspecified atom stereocenters.